The SMILES string of the molecule is CC1CCCN(Cc2ccc(CNC(=O)c3cc4c([nH]c3=O)CCCC4=O)cc2)C1. The van der Waals surface area contributed by atoms with Crippen molar-refractivity contribution in [1.82, 2.24) is 15.2 Å². The number of rotatable bonds is 5. The van der Waals surface area contributed by atoms with Crippen molar-refractivity contribution in [3.63, 3.8) is 0 Å². The molecule has 1 aliphatic carbocycles. The number of hydrogen-bond donors (Lipinski definition) is 2. The number of H-pyrrole nitrogens is 1. The third kappa shape index (κ3) is 4.70. The number of Topliss-reactive ketones (excluding diaryl/α,β-unsaturated/α-hetero) is 1. The van der Waals surface area contributed by atoms with Gasteiger partial charge in [-0.15, -0.1) is 0 Å². The Kier molecular flexibility index (Phi) is 6.13. The summed E-state index contributed by atoms with van der Waals surface area (Å²) in [6, 6.07) is 9.69. The van der Waals surface area contributed by atoms with Crippen molar-refractivity contribution < 1.29 is 9.59 Å². The minimum absolute atomic E-state index is 0.000150. The molecule has 0 radical (unpaired) electrons. The van der Waals surface area contributed by atoms with Crippen molar-refractivity contribution in [2.75, 3.05) is 13.1 Å². The number of aromatic nitrogens is 1. The molecule has 1 aromatic heterocycles. The highest BCUT2D eigenvalue weighted by molar-refractivity contribution is 6.01. The summed E-state index contributed by atoms with van der Waals surface area (Å²) >= 11 is 0. The smallest absolute Gasteiger partial charge is 0.261 e. The molecule has 1 unspecified atom stereocenters. The van der Waals surface area contributed by atoms with E-state index in [0.29, 0.717) is 30.6 Å². The molecule has 4 rings (SSSR count). The zero-order valence-electron chi connectivity index (χ0n) is 17.5. The van der Waals surface area contributed by atoms with Gasteiger partial charge in [0.15, 0.2) is 5.78 Å². The zero-order chi connectivity index (χ0) is 21.1. The molecule has 6 heteroatoms. The van der Waals surface area contributed by atoms with Crippen molar-refractivity contribution in [3.05, 3.63) is 68.6 Å². The van der Waals surface area contributed by atoms with Gasteiger partial charge in [-0.3, -0.25) is 19.3 Å². The molecule has 6 nitrogen and oxygen atoms in total. The molecule has 0 bridgehead atoms. The number of nitrogens with one attached hydrogen (secondary N) is 2. The maximum Gasteiger partial charge on any atom is 0.261 e. The van der Waals surface area contributed by atoms with Gasteiger partial charge in [-0.25, -0.2) is 0 Å². The molecule has 0 spiro atoms. The van der Waals surface area contributed by atoms with E-state index < -0.39 is 11.5 Å². The number of amides is 1. The number of fused-ring (bicyclic) bond motifs is 1. The molecule has 2 aromatic rings. The average Bonchev–Trinajstić information content (AvgIpc) is 2.73. The molecule has 2 aliphatic rings. The van der Waals surface area contributed by atoms with Gasteiger partial charge in [0.2, 0.25) is 0 Å². The third-order valence-corrected chi connectivity index (χ3v) is 6.12. The van der Waals surface area contributed by atoms with Gasteiger partial charge in [-0.1, -0.05) is 31.2 Å². The molecular weight excluding hydrogens is 378 g/mol. The van der Waals surface area contributed by atoms with Crippen LogP contribution in [0.4, 0.5) is 0 Å². The lowest BCUT2D eigenvalue weighted by atomic mass is 9.93. The number of aromatic amines is 1. The lowest BCUT2D eigenvalue weighted by Gasteiger charge is -2.30. The molecule has 2 heterocycles. The average molecular weight is 408 g/mol. The largest absolute Gasteiger partial charge is 0.348 e. The van der Waals surface area contributed by atoms with Crippen molar-refractivity contribution in [2.45, 2.75) is 52.1 Å². The fourth-order valence-corrected chi connectivity index (χ4v) is 4.47. The number of piperidine rings is 1. The lowest BCUT2D eigenvalue weighted by Crippen LogP contribution is -2.33. The number of hydrogen-bond acceptors (Lipinski definition) is 4. The van der Waals surface area contributed by atoms with Crippen molar-refractivity contribution in [2.24, 2.45) is 5.92 Å². The second kappa shape index (κ2) is 8.96. The molecule has 2 N–H and O–H groups in total. The Morgan fingerprint density at radius 2 is 1.90 bits per heavy atom. The van der Waals surface area contributed by atoms with E-state index in [-0.39, 0.29) is 11.3 Å². The Hall–Kier alpha value is -2.73. The van der Waals surface area contributed by atoms with Gasteiger partial charge in [-0.05, 0) is 55.3 Å². The van der Waals surface area contributed by atoms with E-state index in [1.165, 1.54) is 24.5 Å². The number of carbonyl (C=O) groups excluding carboxylic acids is 2. The monoisotopic (exact) mass is 407 g/mol. The normalized spacial score (nSPS) is 19.4. The van der Waals surface area contributed by atoms with E-state index in [1.54, 1.807) is 0 Å². The minimum Gasteiger partial charge on any atom is -0.348 e. The summed E-state index contributed by atoms with van der Waals surface area (Å²) in [6.07, 6.45) is 4.44. The zero-order valence-corrected chi connectivity index (χ0v) is 17.5. The van der Waals surface area contributed by atoms with Gasteiger partial charge in [-0.2, -0.15) is 0 Å². The molecule has 1 amide bonds. The van der Waals surface area contributed by atoms with Gasteiger partial charge >= 0.3 is 0 Å². The van der Waals surface area contributed by atoms with Crippen molar-refractivity contribution in [3.8, 4) is 0 Å². The van der Waals surface area contributed by atoms with Crippen LogP contribution < -0.4 is 10.9 Å². The van der Waals surface area contributed by atoms with Crippen LogP contribution in [-0.4, -0.2) is 34.7 Å². The Morgan fingerprint density at radius 1 is 1.13 bits per heavy atom. The Labute approximate surface area is 176 Å². The van der Waals surface area contributed by atoms with Gasteiger partial charge < -0.3 is 10.3 Å². The number of likely N-dealkylation sites (tertiary alicyclic amines) is 1. The summed E-state index contributed by atoms with van der Waals surface area (Å²) in [5.41, 5.74) is 2.93. The highest BCUT2D eigenvalue weighted by Crippen LogP contribution is 2.19. The molecule has 0 saturated carbocycles. The number of aryl methyl sites for hydroxylation is 1. The maximum atomic E-state index is 12.5. The molecule has 158 valence electrons. The molecule has 30 heavy (non-hydrogen) atoms. The fraction of sp³-hybridized carbons (Fsp3) is 0.458. The fourth-order valence-electron chi connectivity index (χ4n) is 4.47. The molecular formula is C24H29N3O3. The summed E-state index contributed by atoms with van der Waals surface area (Å²) in [4.78, 5) is 42.1. The number of benzene rings is 1. The predicted octanol–water partition coefficient (Wildman–Crippen LogP) is 3.06. The molecule has 1 atom stereocenters. The summed E-state index contributed by atoms with van der Waals surface area (Å²) in [5, 5.41) is 2.80. The predicted molar refractivity (Wildman–Crippen MR) is 116 cm³/mol. The molecule has 1 aromatic carbocycles. The summed E-state index contributed by atoms with van der Waals surface area (Å²) in [7, 11) is 0. The maximum absolute atomic E-state index is 12.5. The van der Waals surface area contributed by atoms with Crippen LogP contribution in [-0.2, 0) is 19.5 Å². The first-order valence-corrected chi connectivity index (χ1v) is 10.9. The highest BCUT2D eigenvalue weighted by atomic mass is 16.2. The number of nitrogens with zero attached hydrogens (tertiary/aromatic N) is 1. The van der Waals surface area contributed by atoms with E-state index in [9.17, 15) is 14.4 Å². The van der Waals surface area contributed by atoms with Crippen LogP contribution in [0.2, 0.25) is 0 Å². The van der Waals surface area contributed by atoms with Crippen LogP contribution in [0.25, 0.3) is 0 Å². The van der Waals surface area contributed by atoms with Gasteiger partial charge in [0, 0.05) is 37.3 Å². The van der Waals surface area contributed by atoms with Crippen LogP contribution in [0.5, 0.6) is 0 Å². The third-order valence-electron chi connectivity index (χ3n) is 6.12. The number of ketones is 1. The van der Waals surface area contributed by atoms with E-state index in [4.69, 9.17) is 0 Å². The van der Waals surface area contributed by atoms with E-state index >= 15 is 0 Å². The second-order valence-corrected chi connectivity index (χ2v) is 8.66. The Bertz CT molecular complexity index is 994. The van der Waals surface area contributed by atoms with Crippen LogP contribution in [0, 0.1) is 5.92 Å². The number of carbonyl (C=O) groups is 2. The Balaban J connectivity index is 1.36. The number of pyridine rings is 1. The van der Waals surface area contributed by atoms with Crippen LogP contribution in [0.15, 0.2) is 35.1 Å². The Morgan fingerprint density at radius 3 is 2.67 bits per heavy atom. The van der Waals surface area contributed by atoms with Gasteiger partial charge in [0.1, 0.15) is 5.56 Å². The molecule has 1 fully saturated rings. The first kappa shape index (κ1) is 20.5. The first-order chi connectivity index (χ1) is 14.5. The van der Waals surface area contributed by atoms with Crippen LogP contribution in [0.3, 0.4) is 0 Å². The van der Waals surface area contributed by atoms with E-state index in [0.717, 1.165) is 37.5 Å². The van der Waals surface area contributed by atoms with Crippen molar-refractivity contribution >= 4 is 11.7 Å². The molecule has 1 saturated heterocycles. The minimum atomic E-state index is -0.455. The summed E-state index contributed by atoms with van der Waals surface area (Å²) in [5.74, 6) is 0.291. The molecule has 1 aliphatic heterocycles. The van der Waals surface area contributed by atoms with Crippen molar-refractivity contribution in [1.29, 1.82) is 0 Å². The standard InChI is InChI=1S/C24H29N3O3/c1-16-4-3-11-27(14-16)15-18-9-7-17(8-10-18)13-25-23(29)20-12-19-21(26-24(20)30)5-2-6-22(19)28/h7-10,12,16H,2-6,11,13-15H2,1H3,(H,25,29)(H,26,30). The summed E-state index contributed by atoms with van der Waals surface area (Å²) < 4.78 is 0. The second-order valence-electron chi connectivity index (χ2n) is 8.66. The lowest BCUT2D eigenvalue weighted by molar-refractivity contribution is 0.0949. The highest BCUT2D eigenvalue weighted by Gasteiger charge is 2.22. The van der Waals surface area contributed by atoms with Gasteiger partial charge in [0.05, 0.1) is 0 Å². The van der Waals surface area contributed by atoms with E-state index in [2.05, 4.69) is 34.3 Å². The van der Waals surface area contributed by atoms with Gasteiger partial charge in [0.25, 0.3) is 11.5 Å². The first-order valence-electron chi connectivity index (χ1n) is 10.9. The van der Waals surface area contributed by atoms with Crippen LogP contribution >= 0.6 is 0 Å². The van der Waals surface area contributed by atoms with E-state index in [1.807, 2.05) is 12.1 Å². The summed E-state index contributed by atoms with van der Waals surface area (Å²) in [6.45, 7) is 5.90. The topological polar surface area (TPSA) is 82.3 Å². The van der Waals surface area contributed by atoms with Crippen LogP contribution in [0.1, 0.15) is 70.1 Å². The quantitative estimate of drug-likeness (QED) is 0.798.